The fraction of sp³-hybridized carbons (Fsp3) is 0.400. The van der Waals surface area contributed by atoms with Crippen LogP contribution in [-0.2, 0) is 18.8 Å². The van der Waals surface area contributed by atoms with Gasteiger partial charge in [-0.2, -0.15) is 31.3 Å². The van der Waals surface area contributed by atoms with E-state index in [2.05, 4.69) is 10.1 Å². The molecule has 0 bridgehead atoms. The van der Waals surface area contributed by atoms with Gasteiger partial charge in [0.2, 0.25) is 5.82 Å². The van der Waals surface area contributed by atoms with Crippen molar-refractivity contribution in [1.29, 1.82) is 0 Å². The van der Waals surface area contributed by atoms with E-state index >= 15 is 0 Å². The van der Waals surface area contributed by atoms with Crippen LogP contribution in [0.5, 0.6) is 5.75 Å². The summed E-state index contributed by atoms with van der Waals surface area (Å²) in [5, 5.41) is 3.84. The number of halogens is 6. The van der Waals surface area contributed by atoms with Gasteiger partial charge in [-0.05, 0) is 68.0 Å². The van der Waals surface area contributed by atoms with Crippen molar-refractivity contribution >= 4 is 5.96 Å². The first-order valence-corrected chi connectivity index (χ1v) is 11.9. The largest absolute Gasteiger partial charge is 0.493 e. The number of benzene rings is 2. The predicted molar refractivity (Wildman–Crippen MR) is 125 cm³/mol. The Morgan fingerprint density at radius 1 is 1.00 bits per heavy atom. The molecule has 0 aliphatic carbocycles. The van der Waals surface area contributed by atoms with E-state index in [-0.39, 0.29) is 41.6 Å². The second kappa shape index (κ2) is 10.9. The number of hydrogen-bond donors (Lipinski definition) is 2. The van der Waals surface area contributed by atoms with Crippen molar-refractivity contribution in [2.45, 2.75) is 50.5 Å². The first-order valence-electron chi connectivity index (χ1n) is 11.9. The number of nitrogens with zero attached hydrogens (tertiary/aromatic N) is 3. The van der Waals surface area contributed by atoms with Gasteiger partial charge in [-0.25, -0.2) is 0 Å². The number of hydrogen-bond acceptors (Lipinski definition) is 4. The van der Waals surface area contributed by atoms with Gasteiger partial charge >= 0.3 is 18.3 Å². The number of rotatable bonds is 8. The molecule has 0 amide bonds. The summed E-state index contributed by atoms with van der Waals surface area (Å²) in [4.78, 5) is 4.27. The highest BCUT2D eigenvalue weighted by molar-refractivity contribution is 5.70. The number of unbranched alkanes of at least 4 members (excludes halogenated alkanes) is 1. The van der Waals surface area contributed by atoms with E-state index in [0.717, 1.165) is 24.6 Å². The van der Waals surface area contributed by atoms with Crippen molar-refractivity contribution in [2.24, 2.45) is 11.5 Å². The van der Waals surface area contributed by atoms with Crippen LogP contribution in [-0.4, -0.2) is 33.8 Å². The number of ether oxygens (including phenoxy) is 1. The van der Waals surface area contributed by atoms with E-state index < -0.39 is 23.5 Å². The SMILES string of the molecule is NC(N)=[N+]1CCC[C@H]1c1nc(-c2ccc(OCCCCc3ccc(C(F)(F)F)cc3)c(C(F)(F)F)c2)no1. The van der Waals surface area contributed by atoms with Crippen molar-refractivity contribution in [1.82, 2.24) is 10.1 Å². The molecule has 7 nitrogen and oxygen atoms in total. The van der Waals surface area contributed by atoms with Gasteiger partial charge in [-0.1, -0.05) is 17.3 Å². The summed E-state index contributed by atoms with van der Waals surface area (Å²) >= 11 is 0. The second-order valence-corrected chi connectivity index (χ2v) is 8.94. The van der Waals surface area contributed by atoms with Gasteiger partial charge in [0.15, 0.2) is 6.04 Å². The number of guanidine groups is 1. The van der Waals surface area contributed by atoms with Crippen molar-refractivity contribution < 1.29 is 40.2 Å². The van der Waals surface area contributed by atoms with Crippen LogP contribution >= 0.6 is 0 Å². The van der Waals surface area contributed by atoms with E-state index in [1.165, 1.54) is 24.3 Å². The highest BCUT2D eigenvalue weighted by Crippen LogP contribution is 2.39. The van der Waals surface area contributed by atoms with Gasteiger partial charge < -0.3 is 9.26 Å². The molecule has 2 aromatic carbocycles. The molecule has 1 aliphatic heterocycles. The molecule has 1 atom stereocenters. The van der Waals surface area contributed by atoms with Crippen LogP contribution in [0.4, 0.5) is 26.3 Å². The van der Waals surface area contributed by atoms with Crippen LogP contribution in [0, 0.1) is 0 Å². The molecule has 0 spiro atoms. The molecule has 38 heavy (non-hydrogen) atoms. The third-order valence-corrected chi connectivity index (χ3v) is 6.25. The highest BCUT2D eigenvalue weighted by atomic mass is 19.4. The lowest BCUT2D eigenvalue weighted by molar-refractivity contribution is -0.555. The maximum atomic E-state index is 13.8. The third kappa shape index (κ3) is 6.37. The smallest absolute Gasteiger partial charge is 0.419 e. The summed E-state index contributed by atoms with van der Waals surface area (Å²) in [7, 11) is 0. The molecule has 13 heteroatoms. The molecule has 1 aromatic heterocycles. The second-order valence-electron chi connectivity index (χ2n) is 8.94. The van der Waals surface area contributed by atoms with Crippen LogP contribution in [0.1, 0.15) is 54.3 Å². The average molecular weight is 543 g/mol. The molecule has 204 valence electrons. The summed E-state index contributed by atoms with van der Waals surface area (Å²) in [6.07, 6.45) is -6.22. The third-order valence-electron chi connectivity index (χ3n) is 6.25. The molecule has 1 fully saturated rings. The Balaban J connectivity index is 1.39. The van der Waals surface area contributed by atoms with Gasteiger partial charge in [0.25, 0.3) is 5.89 Å². The van der Waals surface area contributed by atoms with Gasteiger partial charge in [0.05, 0.1) is 24.3 Å². The Bertz CT molecular complexity index is 1280. The molecule has 2 heterocycles. The first-order chi connectivity index (χ1) is 17.9. The molecule has 4 rings (SSSR count). The Hall–Kier alpha value is -3.77. The van der Waals surface area contributed by atoms with Crippen molar-refractivity contribution in [3.05, 3.63) is 65.0 Å². The first kappa shape index (κ1) is 27.3. The molecule has 3 aromatic rings. The molecular weight excluding hydrogens is 516 g/mol. The van der Waals surface area contributed by atoms with Crippen molar-refractivity contribution in [2.75, 3.05) is 13.2 Å². The van der Waals surface area contributed by atoms with E-state index in [0.29, 0.717) is 37.8 Å². The zero-order chi connectivity index (χ0) is 27.5. The average Bonchev–Trinajstić information content (AvgIpc) is 3.53. The van der Waals surface area contributed by atoms with Gasteiger partial charge in [0.1, 0.15) is 5.75 Å². The monoisotopic (exact) mass is 542 g/mol. The van der Waals surface area contributed by atoms with Crippen molar-refractivity contribution in [3.8, 4) is 17.1 Å². The summed E-state index contributed by atoms with van der Waals surface area (Å²) in [5.74, 6) is -0.0247. The van der Waals surface area contributed by atoms with Crippen LogP contribution in [0.3, 0.4) is 0 Å². The molecule has 1 saturated heterocycles. The Morgan fingerprint density at radius 3 is 2.39 bits per heavy atom. The van der Waals surface area contributed by atoms with E-state index in [1.807, 2.05) is 0 Å². The summed E-state index contributed by atoms with van der Waals surface area (Å²) in [6, 6.07) is 7.98. The van der Waals surface area contributed by atoms with Crippen LogP contribution in [0.15, 0.2) is 47.0 Å². The molecular formula is C25H26F6N5O2+. The Morgan fingerprint density at radius 2 is 1.74 bits per heavy atom. The normalized spacial score (nSPS) is 16.2. The lowest BCUT2D eigenvalue weighted by atomic mass is 10.1. The standard InChI is InChI=1S/C25H25F6N5O2/c26-24(27,28)17-9-6-15(7-10-17)4-1-2-13-37-20-11-8-16(14-18(20)25(29,30)31)21-34-22(38-35-21)19-5-3-12-36(19)23(32)33/h6-11,14,19H,1-5,12-13H2,(H3,32,33)/p+1/t19-/m0/s1. The van der Waals surface area contributed by atoms with E-state index in [9.17, 15) is 26.3 Å². The lowest BCUT2D eigenvalue weighted by Crippen LogP contribution is -2.35. The van der Waals surface area contributed by atoms with Crippen LogP contribution in [0.25, 0.3) is 11.4 Å². The zero-order valence-corrected chi connectivity index (χ0v) is 20.1. The lowest BCUT2D eigenvalue weighted by Gasteiger charge is -2.15. The number of alkyl halides is 6. The van der Waals surface area contributed by atoms with Gasteiger partial charge in [-0.15, -0.1) is 0 Å². The van der Waals surface area contributed by atoms with Gasteiger partial charge in [-0.3, -0.25) is 16.0 Å². The minimum Gasteiger partial charge on any atom is -0.493 e. The molecule has 0 saturated carbocycles. The topological polar surface area (TPSA) is 103 Å². The summed E-state index contributed by atoms with van der Waals surface area (Å²) in [6.45, 7) is 0.614. The summed E-state index contributed by atoms with van der Waals surface area (Å²) in [5.41, 5.74) is 10.5. The quantitative estimate of drug-likeness (QED) is 0.173. The molecule has 0 radical (unpaired) electrons. The fourth-order valence-corrected chi connectivity index (χ4v) is 4.31. The maximum absolute atomic E-state index is 13.8. The zero-order valence-electron chi connectivity index (χ0n) is 20.1. The molecule has 4 N–H and O–H groups in total. The number of nitrogens with two attached hydrogens (primary N) is 2. The van der Waals surface area contributed by atoms with Crippen LogP contribution < -0.4 is 16.2 Å². The Kier molecular flexibility index (Phi) is 7.83. The Labute approximate surface area is 214 Å². The highest BCUT2D eigenvalue weighted by Gasteiger charge is 2.36. The van der Waals surface area contributed by atoms with Crippen molar-refractivity contribution in [3.63, 3.8) is 0 Å². The van der Waals surface area contributed by atoms with E-state index in [1.54, 1.807) is 4.58 Å². The van der Waals surface area contributed by atoms with E-state index in [4.69, 9.17) is 20.7 Å². The number of aryl methyl sites for hydroxylation is 1. The molecule has 0 unspecified atom stereocenters. The van der Waals surface area contributed by atoms with Gasteiger partial charge in [0, 0.05) is 5.56 Å². The number of aromatic nitrogens is 2. The maximum Gasteiger partial charge on any atom is 0.419 e. The summed E-state index contributed by atoms with van der Waals surface area (Å²) < 4.78 is 91.7. The minimum absolute atomic E-state index is 0.00367. The van der Waals surface area contributed by atoms with Crippen LogP contribution in [0.2, 0.25) is 0 Å². The molecule has 1 aliphatic rings. The fourth-order valence-electron chi connectivity index (χ4n) is 4.31. The minimum atomic E-state index is -4.69. The predicted octanol–water partition coefficient (Wildman–Crippen LogP) is 5.30.